The van der Waals surface area contributed by atoms with Crippen molar-refractivity contribution in [1.29, 1.82) is 0 Å². The molecule has 1 fully saturated rings. The van der Waals surface area contributed by atoms with Crippen molar-refractivity contribution < 1.29 is 4.79 Å². The maximum atomic E-state index is 12.7. The van der Waals surface area contributed by atoms with Crippen LogP contribution >= 0.6 is 0 Å². The van der Waals surface area contributed by atoms with Crippen LogP contribution in [0.15, 0.2) is 30.9 Å². The number of nitrogens with zero attached hydrogens (tertiary/aromatic N) is 3. The molecular weight excluding hydrogens is 288 g/mol. The van der Waals surface area contributed by atoms with E-state index in [1.54, 1.807) is 12.4 Å². The minimum Gasteiger partial charge on any atom is -0.343 e. The highest BCUT2D eigenvalue weighted by Gasteiger charge is 2.34. The molecule has 2 aromatic rings. The second-order valence-electron chi connectivity index (χ2n) is 6.18. The Labute approximate surface area is 136 Å². The topological polar surface area (TPSA) is 67.8 Å². The summed E-state index contributed by atoms with van der Waals surface area (Å²) in [6.45, 7) is 4.12. The van der Waals surface area contributed by atoms with Crippen molar-refractivity contribution in [3.63, 3.8) is 0 Å². The summed E-state index contributed by atoms with van der Waals surface area (Å²) in [6.07, 6.45) is 8.91. The zero-order chi connectivity index (χ0) is 16.2. The van der Waals surface area contributed by atoms with Crippen molar-refractivity contribution in [2.45, 2.75) is 45.6 Å². The lowest BCUT2D eigenvalue weighted by molar-refractivity contribution is 0.0928. The molecule has 3 rings (SSSR count). The van der Waals surface area contributed by atoms with Gasteiger partial charge in [-0.25, -0.2) is 9.97 Å². The van der Waals surface area contributed by atoms with Gasteiger partial charge in [0.25, 0.3) is 5.91 Å². The van der Waals surface area contributed by atoms with Crippen LogP contribution in [0.1, 0.15) is 59.5 Å². The van der Waals surface area contributed by atoms with E-state index in [9.17, 15) is 4.79 Å². The first-order valence-corrected chi connectivity index (χ1v) is 8.21. The van der Waals surface area contributed by atoms with E-state index in [0.717, 1.165) is 42.6 Å². The molecule has 0 aliphatic heterocycles. The van der Waals surface area contributed by atoms with Gasteiger partial charge in [0.2, 0.25) is 0 Å². The van der Waals surface area contributed by atoms with Gasteiger partial charge in [-0.3, -0.25) is 9.78 Å². The second kappa shape index (κ2) is 6.86. The molecule has 23 heavy (non-hydrogen) atoms. The summed E-state index contributed by atoms with van der Waals surface area (Å²) in [5, 5.41) is 3.16. The molecule has 0 unspecified atom stereocenters. The van der Waals surface area contributed by atoms with Crippen LogP contribution in [0.5, 0.6) is 0 Å². The zero-order valence-electron chi connectivity index (χ0n) is 13.6. The summed E-state index contributed by atoms with van der Waals surface area (Å²) in [6, 6.07) is 3.99. The van der Waals surface area contributed by atoms with Crippen molar-refractivity contribution >= 4 is 5.91 Å². The second-order valence-corrected chi connectivity index (χ2v) is 6.18. The van der Waals surface area contributed by atoms with Crippen LogP contribution in [0.2, 0.25) is 0 Å². The average molecular weight is 310 g/mol. The smallest absolute Gasteiger partial charge is 0.255 e. The average Bonchev–Trinajstić information content (AvgIpc) is 3.38. The number of pyridine rings is 1. The molecule has 0 bridgehead atoms. The molecule has 1 aliphatic carbocycles. The molecule has 5 heteroatoms. The lowest BCUT2D eigenvalue weighted by atomic mass is 10.0. The predicted octanol–water partition coefficient (Wildman–Crippen LogP) is 3.01. The summed E-state index contributed by atoms with van der Waals surface area (Å²) in [5.41, 5.74) is 3.48. The van der Waals surface area contributed by atoms with E-state index in [1.165, 1.54) is 6.33 Å². The first-order chi connectivity index (χ1) is 11.2. The van der Waals surface area contributed by atoms with Gasteiger partial charge in [-0.15, -0.1) is 0 Å². The van der Waals surface area contributed by atoms with Crippen LogP contribution < -0.4 is 5.32 Å². The number of nitrogens with one attached hydrogen (secondary N) is 1. The monoisotopic (exact) mass is 310 g/mol. The van der Waals surface area contributed by atoms with E-state index in [4.69, 9.17) is 0 Å². The number of hydrogen-bond acceptors (Lipinski definition) is 4. The summed E-state index contributed by atoms with van der Waals surface area (Å²) < 4.78 is 0. The van der Waals surface area contributed by atoms with E-state index >= 15 is 0 Å². The quantitative estimate of drug-likeness (QED) is 0.890. The van der Waals surface area contributed by atoms with E-state index < -0.39 is 0 Å². The molecule has 1 amide bonds. The molecule has 0 saturated heterocycles. The molecule has 1 saturated carbocycles. The molecular formula is C18H22N4O. The van der Waals surface area contributed by atoms with Gasteiger partial charge in [-0.2, -0.15) is 0 Å². The maximum Gasteiger partial charge on any atom is 0.255 e. The first kappa shape index (κ1) is 15.6. The third-order valence-electron chi connectivity index (χ3n) is 4.16. The lowest BCUT2D eigenvalue weighted by Gasteiger charge is -2.19. The van der Waals surface area contributed by atoms with E-state index in [2.05, 4.69) is 33.3 Å². The maximum absolute atomic E-state index is 12.7. The van der Waals surface area contributed by atoms with Crippen molar-refractivity contribution in [3.8, 4) is 0 Å². The summed E-state index contributed by atoms with van der Waals surface area (Å²) >= 11 is 0. The molecule has 2 heterocycles. The van der Waals surface area contributed by atoms with E-state index in [-0.39, 0.29) is 11.9 Å². The Morgan fingerprint density at radius 1 is 1.39 bits per heavy atom. The molecule has 5 nitrogen and oxygen atoms in total. The molecule has 2 aromatic heterocycles. The van der Waals surface area contributed by atoms with Gasteiger partial charge in [0.05, 0.1) is 23.0 Å². The summed E-state index contributed by atoms with van der Waals surface area (Å²) in [7, 11) is 0. The number of carbonyl (C=O) groups is 1. The fourth-order valence-corrected chi connectivity index (χ4v) is 2.79. The van der Waals surface area contributed by atoms with Crippen LogP contribution in [-0.2, 0) is 6.42 Å². The highest BCUT2D eigenvalue weighted by Crippen LogP contribution is 2.40. The van der Waals surface area contributed by atoms with Crippen LogP contribution in [0, 0.1) is 12.8 Å². The molecule has 1 N–H and O–H groups in total. The van der Waals surface area contributed by atoms with Gasteiger partial charge >= 0.3 is 0 Å². The molecule has 1 atom stereocenters. The highest BCUT2D eigenvalue weighted by molar-refractivity contribution is 5.95. The lowest BCUT2D eigenvalue weighted by Crippen LogP contribution is -2.31. The first-order valence-electron chi connectivity index (χ1n) is 8.21. The Kier molecular flexibility index (Phi) is 4.65. The SMILES string of the molecule is CCCc1ncncc1C(=O)N[C@@H](c1cc(C)ccn1)C1CC1. The Balaban J connectivity index is 1.82. The van der Waals surface area contributed by atoms with Crippen molar-refractivity contribution in [2.24, 2.45) is 5.92 Å². The zero-order valence-corrected chi connectivity index (χ0v) is 13.6. The molecule has 1 aliphatic rings. The Morgan fingerprint density at radius 3 is 2.91 bits per heavy atom. The van der Waals surface area contributed by atoms with Crippen molar-refractivity contribution in [2.75, 3.05) is 0 Å². The number of hydrogen-bond donors (Lipinski definition) is 1. The normalized spacial score (nSPS) is 15.2. The Bertz CT molecular complexity index is 697. The molecule has 0 radical (unpaired) electrons. The molecule has 0 aromatic carbocycles. The fraction of sp³-hybridized carbons (Fsp3) is 0.444. The third kappa shape index (κ3) is 3.73. The van der Waals surface area contributed by atoms with E-state index in [1.807, 2.05) is 13.0 Å². The number of aromatic nitrogens is 3. The highest BCUT2D eigenvalue weighted by atomic mass is 16.1. The van der Waals surface area contributed by atoms with Crippen LogP contribution in [0.25, 0.3) is 0 Å². The molecule has 120 valence electrons. The minimum atomic E-state index is -0.103. The van der Waals surface area contributed by atoms with Crippen LogP contribution in [0.4, 0.5) is 0 Å². The van der Waals surface area contributed by atoms with E-state index in [0.29, 0.717) is 11.5 Å². The van der Waals surface area contributed by atoms with Gasteiger partial charge in [-0.1, -0.05) is 13.3 Å². The van der Waals surface area contributed by atoms with Gasteiger partial charge < -0.3 is 5.32 Å². The predicted molar refractivity (Wildman–Crippen MR) is 87.9 cm³/mol. The number of carbonyl (C=O) groups excluding carboxylic acids is 1. The largest absolute Gasteiger partial charge is 0.343 e. The van der Waals surface area contributed by atoms with Crippen LogP contribution in [-0.4, -0.2) is 20.9 Å². The van der Waals surface area contributed by atoms with Gasteiger partial charge in [0.1, 0.15) is 6.33 Å². The number of rotatable bonds is 6. The fourth-order valence-electron chi connectivity index (χ4n) is 2.79. The van der Waals surface area contributed by atoms with Gasteiger partial charge in [0.15, 0.2) is 0 Å². The number of aryl methyl sites for hydroxylation is 2. The minimum absolute atomic E-state index is 0.0305. The Morgan fingerprint density at radius 2 is 2.22 bits per heavy atom. The van der Waals surface area contributed by atoms with Crippen molar-refractivity contribution in [1.82, 2.24) is 20.3 Å². The summed E-state index contributed by atoms with van der Waals surface area (Å²) in [4.78, 5) is 25.5. The Hall–Kier alpha value is -2.30. The molecule has 0 spiro atoms. The van der Waals surface area contributed by atoms with Crippen molar-refractivity contribution in [3.05, 3.63) is 53.4 Å². The summed E-state index contributed by atoms with van der Waals surface area (Å²) in [5.74, 6) is 0.377. The van der Waals surface area contributed by atoms with Gasteiger partial charge in [0, 0.05) is 12.4 Å². The third-order valence-corrected chi connectivity index (χ3v) is 4.16. The number of amides is 1. The van der Waals surface area contributed by atoms with Gasteiger partial charge in [-0.05, 0) is 49.8 Å². The van der Waals surface area contributed by atoms with Crippen LogP contribution in [0.3, 0.4) is 0 Å². The standard InChI is InChI=1S/C18H22N4O/c1-3-4-15-14(10-19-11-21-15)18(23)22-17(13-5-6-13)16-9-12(2)7-8-20-16/h7-11,13,17H,3-6H2,1-2H3,(H,22,23)/t17-/m1/s1.